The SMILES string of the molecule is COC(=O)ON(CC(C)C)C(=O)S. The van der Waals surface area contributed by atoms with Gasteiger partial charge in [0.25, 0.3) is 0 Å². The smallest absolute Gasteiger partial charge is 0.436 e. The molecule has 6 heteroatoms. The highest BCUT2D eigenvalue weighted by atomic mass is 32.1. The maximum Gasteiger partial charge on any atom is 0.533 e. The fourth-order valence-corrected chi connectivity index (χ4v) is 0.736. The number of ether oxygens (including phenoxy) is 1. The Bertz CT molecular complexity index is 195. The average Bonchev–Trinajstić information content (AvgIpc) is 2.02. The molecule has 0 aromatic rings. The Morgan fingerprint density at radius 3 is 2.31 bits per heavy atom. The Kier molecular flexibility index (Phi) is 5.29. The second-order valence-electron chi connectivity index (χ2n) is 2.78. The van der Waals surface area contributed by atoms with E-state index < -0.39 is 11.4 Å². The van der Waals surface area contributed by atoms with Crippen LogP contribution in [0.25, 0.3) is 0 Å². The van der Waals surface area contributed by atoms with Crippen LogP contribution >= 0.6 is 12.6 Å². The molecular weight excluding hydrogens is 194 g/mol. The Morgan fingerprint density at radius 2 is 2.00 bits per heavy atom. The number of carbonyl (C=O) groups is 2. The van der Waals surface area contributed by atoms with Crippen molar-refractivity contribution in [2.45, 2.75) is 13.8 Å². The van der Waals surface area contributed by atoms with E-state index in [0.717, 1.165) is 5.06 Å². The largest absolute Gasteiger partial charge is 0.533 e. The van der Waals surface area contributed by atoms with Crippen LogP contribution in [0.3, 0.4) is 0 Å². The van der Waals surface area contributed by atoms with E-state index in [-0.39, 0.29) is 12.5 Å². The van der Waals surface area contributed by atoms with Crippen LogP contribution < -0.4 is 0 Å². The molecule has 0 rings (SSSR count). The van der Waals surface area contributed by atoms with Crippen molar-refractivity contribution in [2.24, 2.45) is 5.92 Å². The van der Waals surface area contributed by atoms with Crippen molar-refractivity contribution in [3.05, 3.63) is 0 Å². The standard InChI is InChI=1S/C7H13NO4S/c1-5(2)4-8(6(9)13)12-7(10)11-3/h5H,4H2,1-3H3,(H,9,13). The Hall–Kier alpha value is -0.910. The predicted octanol–water partition coefficient (Wildman–Crippen LogP) is 1.69. The number of nitrogens with zero attached hydrogens (tertiary/aromatic N) is 1. The van der Waals surface area contributed by atoms with E-state index in [1.807, 2.05) is 13.8 Å². The summed E-state index contributed by atoms with van der Waals surface area (Å²) in [5.74, 6) is 0.181. The number of hydrogen-bond acceptors (Lipinski definition) is 4. The predicted molar refractivity (Wildman–Crippen MR) is 49.4 cm³/mol. The molecule has 0 fully saturated rings. The van der Waals surface area contributed by atoms with Crippen LogP contribution in [0.15, 0.2) is 0 Å². The summed E-state index contributed by atoms with van der Waals surface area (Å²) in [6.07, 6.45) is -0.928. The maximum absolute atomic E-state index is 10.8. The van der Waals surface area contributed by atoms with Crippen molar-refractivity contribution < 1.29 is 19.2 Å². The molecule has 0 aliphatic rings. The van der Waals surface area contributed by atoms with Gasteiger partial charge in [0.05, 0.1) is 13.7 Å². The summed E-state index contributed by atoms with van der Waals surface area (Å²) >= 11 is 3.54. The number of rotatable bonds is 2. The van der Waals surface area contributed by atoms with Gasteiger partial charge in [0.2, 0.25) is 0 Å². The van der Waals surface area contributed by atoms with Crippen LogP contribution in [0.2, 0.25) is 0 Å². The van der Waals surface area contributed by atoms with Gasteiger partial charge in [0.15, 0.2) is 0 Å². The molecule has 0 aromatic heterocycles. The summed E-state index contributed by atoms with van der Waals surface area (Å²) in [5.41, 5.74) is 0. The molecule has 0 aliphatic heterocycles. The third-order valence-electron chi connectivity index (χ3n) is 1.10. The highest BCUT2D eigenvalue weighted by Gasteiger charge is 2.16. The van der Waals surface area contributed by atoms with Gasteiger partial charge in [-0.15, -0.1) is 0 Å². The van der Waals surface area contributed by atoms with E-state index in [0.29, 0.717) is 0 Å². The first kappa shape index (κ1) is 12.1. The minimum Gasteiger partial charge on any atom is -0.436 e. The van der Waals surface area contributed by atoms with Crippen LogP contribution in [0.4, 0.5) is 9.59 Å². The summed E-state index contributed by atoms with van der Waals surface area (Å²) in [6.45, 7) is 4.05. The number of hydrogen-bond donors (Lipinski definition) is 1. The topological polar surface area (TPSA) is 55.8 Å². The van der Waals surface area contributed by atoms with E-state index in [1.165, 1.54) is 7.11 Å². The maximum atomic E-state index is 10.8. The first-order valence-corrected chi connectivity index (χ1v) is 4.18. The number of amides is 1. The van der Waals surface area contributed by atoms with E-state index in [9.17, 15) is 9.59 Å². The molecule has 0 saturated carbocycles. The van der Waals surface area contributed by atoms with Gasteiger partial charge in [0.1, 0.15) is 0 Å². The quantitative estimate of drug-likeness (QED) is 0.425. The molecule has 0 aromatic carbocycles. The lowest BCUT2D eigenvalue weighted by atomic mass is 10.2. The molecule has 76 valence electrons. The highest BCUT2D eigenvalue weighted by Crippen LogP contribution is 2.04. The van der Waals surface area contributed by atoms with Crippen molar-refractivity contribution >= 4 is 24.0 Å². The monoisotopic (exact) mass is 207 g/mol. The minimum absolute atomic E-state index is 0.181. The third-order valence-corrected chi connectivity index (χ3v) is 1.32. The van der Waals surface area contributed by atoms with Crippen molar-refractivity contribution in [3.8, 4) is 0 Å². The molecule has 0 unspecified atom stereocenters. The van der Waals surface area contributed by atoms with Crippen LogP contribution in [0.1, 0.15) is 13.8 Å². The van der Waals surface area contributed by atoms with E-state index in [2.05, 4.69) is 22.2 Å². The van der Waals surface area contributed by atoms with Gasteiger partial charge in [-0.05, 0) is 5.92 Å². The Labute approximate surface area is 82.3 Å². The normalized spacial score (nSPS) is 9.62. The zero-order chi connectivity index (χ0) is 10.4. The molecule has 0 radical (unpaired) electrons. The molecule has 13 heavy (non-hydrogen) atoms. The molecule has 5 nitrogen and oxygen atoms in total. The first-order chi connectivity index (χ1) is 5.97. The van der Waals surface area contributed by atoms with Gasteiger partial charge in [0, 0.05) is 0 Å². The summed E-state index contributed by atoms with van der Waals surface area (Å²) < 4.78 is 4.22. The van der Waals surface area contributed by atoms with Gasteiger partial charge in [-0.25, -0.2) is 4.79 Å². The summed E-state index contributed by atoms with van der Waals surface area (Å²) in [4.78, 5) is 25.9. The molecular formula is C7H13NO4S. The van der Waals surface area contributed by atoms with Crippen LogP contribution in [0, 0.1) is 5.92 Å². The van der Waals surface area contributed by atoms with Crippen LogP contribution in [-0.4, -0.2) is 30.1 Å². The molecule has 0 N–H and O–H groups in total. The van der Waals surface area contributed by atoms with E-state index in [1.54, 1.807) is 0 Å². The molecule has 0 atom stereocenters. The number of carbonyl (C=O) groups excluding carboxylic acids is 2. The number of hydroxylamine groups is 2. The minimum atomic E-state index is -0.928. The second kappa shape index (κ2) is 5.69. The van der Waals surface area contributed by atoms with Gasteiger partial charge in [-0.3, -0.25) is 4.79 Å². The number of thiol groups is 1. The fraction of sp³-hybridized carbons (Fsp3) is 0.714. The van der Waals surface area contributed by atoms with E-state index >= 15 is 0 Å². The third kappa shape index (κ3) is 5.35. The molecule has 0 saturated heterocycles. The lowest BCUT2D eigenvalue weighted by Gasteiger charge is -2.19. The number of methoxy groups -OCH3 is 1. The Morgan fingerprint density at radius 1 is 1.46 bits per heavy atom. The lowest BCUT2D eigenvalue weighted by Crippen LogP contribution is -2.32. The fourth-order valence-electron chi connectivity index (χ4n) is 0.613. The van der Waals surface area contributed by atoms with Crippen LogP contribution in [-0.2, 0) is 9.57 Å². The van der Waals surface area contributed by atoms with Gasteiger partial charge in [-0.2, -0.15) is 5.06 Å². The lowest BCUT2D eigenvalue weighted by molar-refractivity contribution is -0.0843. The Balaban J connectivity index is 4.10. The summed E-state index contributed by atoms with van der Waals surface area (Å²) in [5, 5.41) is 0.221. The molecule has 0 aliphatic carbocycles. The highest BCUT2D eigenvalue weighted by molar-refractivity contribution is 7.96. The first-order valence-electron chi connectivity index (χ1n) is 3.73. The molecule has 0 spiro atoms. The van der Waals surface area contributed by atoms with Gasteiger partial charge in [-0.1, -0.05) is 26.5 Å². The van der Waals surface area contributed by atoms with Crippen LogP contribution in [0.5, 0.6) is 0 Å². The van der Waals surface area contributed by atoms with E-state index in [4.69, 9.17) is 0 Å². The molecule has 0 bridgehead atoms. The summed E-state index contributed by atoms with van der Waals surface area (Å²) in [6, 6.07) is 0. The average molecular weight is 207 g/mol. The molecule has 1 amide bonds. The molecule has 0 heterocycles. The van der Waals surface area contributed by atoms with Crippen molar-refractivity contribution in [3.63, 3.8) is 0 Å². The second-order valence-corrected chi connectivity index (χ2v) is 3.17. The summed E-state index contributed by atoms with van der Waals surface area (Å²) in [7, 11) is 1.17. The van der Waals surface area contributed by atoms with Gasteiger partial charge >= 0.3 is 11.4 Å². The van der Waals surface area contributed by atoms with Gasteiger partial charge < -0.3 is 9.57 Å². The van der Waals surface area contributed by atoms with Crippen molar-refractivity contribution in [1.29, 1.82) is 0 Å². The zero-order valence-electron chi connectivity index (χ0n) is 7.81. The zero-order valence-corrected chi connectivity index (χ0v) is 8.71. The van der Waals surface area contributed by atoms with Crippen molar-refractivity contribution in [2.75, 3.05) is 13.7 Å². The van der Waals surface area contributed by atoms with Crippen molar-refractivity contribution in [1.82, 2.24) is 5.06 Å².